The Hall–Kier alpha value is -3.28. The van der Waals surface area contributed by atoms with Crippen LogP contribution in [0.1, 0.15) is 16.1 Å². The van der Waals surface area contributed by atoms with E-state index in [0.29, 0.717) is 11.4 Å². The number of nitrogens with zero attached hydrogens (tertiary/aromatic N) is 3. The van der Waals surface area contributed by atoms with E-state index in [9.17, 15) is 23.1 Å². The van der Waals surface area contributed by atoms with Crippen molar-refractivity contribution in [1.82, 2.24) is 9.78 Å². The lowest BCUT2D eigenvalue weighted by Crippen LogP contribution is -2.14. The van der Waals surface area contributed by atoms with E-state index in [1.165, 1.54) is 42.5 Å². The van der Waals surface area contributed by atoms with Gasteiger partial charge in [0.05, 0.1) is 32.6 Å². The molecule has 0 atom stereocenters. The summed E-state index contributed by atoms with van der Waals surface area (Å²) in [6.07, 6.45) is 0. The van der Waals surface area contributed by atoms with Gasteiger partial charge >= 0.3 is 5.97 Å². The highest BCUT2D eigenvalue weighted by molar-refractivity contribution is 7.89. The van der Waals surface area contributed by atoms with E-state index in [0.717, 1.165) is 4.68 Å². The van der Waals surface area contributed by atoms with E-state index in [2.05, 4.69) is 15.3 Å². The van der Waals surface area contributed by atoms with Crippen LogP contribution in [-0.4, -0.2) is 29.3 Å². The van der Waals surface area contributed by atoms with Gasteiger partial charge in [0.25, 0.3) is 5.56 Å². The summed E-state index contributed by atoms with van der Waals surface area (Å²) in [6, 6.07) is 9.44. The van der Waals surface area contributed by atoms with E-state index >= 15 is 0 Å². The SMILES string of the molecule is Cc1[nH]n(-c2ccc(Cl)c(C(=O)O)c2)c(=O)c1N=Nc1ccc(S(N)(=O)=O)cc1. The first kappa shape index (κ1) is 20.5. The molecule has 4 N–H and O–H groups in total. The van der Waals surface area contributed by atoms with Crippen molar-refractivity contribution in [1.29, 1.82) is 0 Å². The summed E-state index contributed by atoms with van der Waals surface area (Å²) in [5.41, 5.74) is 0.272. The standard InChI is InChI=1S/C17H14ClN5O5S/c1-9-15(21-20-10-2-5-12(6-3-10)29(19,27)28)16(24)23(22-9)11-4-7-14(18)13(8-11)17(25)26/h2-8,22H,1H3,(H,25,26)(H2,19,27,28). The Morgan fingerprint density at radius 2 is 1.83 bits per heavy atom. The quantitative estimate of drug-likeness (QED) is 0.524. The van der Waals surface area contributed by atoms with Crippen LogP contribution < -0.4 is 10.7 Å². The van der Waals surface area contributed by atoms with Crippen LogP contribution in [0.25, 0.3) is 5.69 Å². The van der Waals surface area contributed by atoms with Crippen molar-refractivity contribution in [2.45, 2.75) is 11.8 Å². The van der Waals surface area contributed by atoms with E-state index in [-0.39, 0.29) is 26.9 Å². The number of benzene rings is 2. The molecule has 10 nitrogen and oxygen atoms in total. The predicted octanol–water partition coefficient (Wildman–Crippen LogP) is 2.89. The number of aryl methyl sites for hydroxylation is 1. The molecule has 1 heterocycles. The summed E-state index contributed by atoms with van der Waals surface area (Å²) < 4.78 is 23.7. The lowest BCUT2D eigenvalue weighted by molar-refractivity contribution is 0.0697. The number of hydrogen-bond acceptors (Lipinski definition) is 6. The summed E-state index contributed by atoms with van der Waals surface area (Å²) in [5.74, 6) is -1.23. The summed E-state index contributed by atoms with van der Waals surface area (Å²) in [5, 5.41) is 24.9. The van der Waals surface area contributed by atoms with Crippen LogP contribution >= 0.6 is 11.6 Å². The molecule has 12 heteroatoms. The molecule has 0 aliphatic rings. The van der Waals surface area contributed by atoms with Gasteiger partial charge in [-0.2, -0.15) is 5.11 Å². The summed E-state index contributed by atoms with van der Waals surface area (Å²) in [4.78, 5) is 23.8. The van der Waals surface area contributed by atoms with Crippen LogP contribution in [0.3, 0.4) is 0 Å². The fraction of sp³-hybridized carbons (Fsp3) is 0.0588. The van der Waals surface area contributed by atoms with Crippen molar-refractivity contribution in [2.24, 2.45) is 15.4 Å². The van der Waals surface area contributed by atoms with Crippen molar-refractivity contribution in [3.8, 4) is 5.69 Å². The molecule has 3 aromatic rings. The number of aromatic nitrogens is 2. The number of azo groups is 1. The minimum Gasteiger partial charge on any atom is -0.478 e. The average molecular weight is 436 g/mol. The molecular formula is C17H14ClN5O5S. The number of rotatable bonds is 5. The molecule has 29 heavy (non-hydrogen) atoms. The minimum atomic E-state index is -3.82. The van der Waals surface area contributed by atoms with Gasteiger partial charge in [-0.05, 0) is 49.4 Å². The molecule has 0 radical (unpaired) electrons. The van der Waals surface area contributed by atoms with Gasteiger partial charge in [0, 0.05) is 0 Å². The molecule has 0 aliphatic carbocycles. The third-order valence-electron chi connectivity index (χ3n) is 3.91. The summed E-state index contributed by atoms with van der Waals surface area (Å²) in [7, 11) is -3.82. The maximum Gasteiger partial charge on any atom is 0.337 e. The lowest BCUT2D eigenvalue weighted by Gasteiger charge is -2.04. The van der Waals surface area contributed by atoms with Crippen LogP contribution in [-0.2, 0) is 10.0 Å². The van der Waals surface area contributed by atoms with Gasteiger partial charge in [-0.25, -0.2) is 23.0 Å². The van der Waals surface area contributed by atoms with Gasteiger partial charge in [0.15, 0.2) is 5.69 Å². The van der Waals surface area contributed by atoms with Crippen molar-refractivity contribution >= 4 is 39.0 Å². The second-order valence-electron chi connectivity index (χ2n) is 5.93. The highest BCUT2D eigenvalue weighted by Crippen LogP contribution is 2.22. The molecule has 0 amide bonds. The van der Waals surface area contributed by atoms with Crippen LogP contribution in [0, 0.1) is 6.92 Å². The summed E-state index contributed by atoms with van der Waals surface area (Å²) in [6.45, 7) is 1.60. The fourth-order valence-corrected chi connectivity index (χ4v) is 3.18. The molecular weight excluding hydrogens is 422 g/mol. The minimum absolute atomic E-state index is 0.00680. The molecule has 0 spiro atoms. The molecule has 2 aromatic carbocycles. The highest BCUT2D eigenvalue weighted by atomic mass is 35.5. The van der Waals surface area contributed by atoms with Gasteiger partial charge in [-0.3, -0.25) is 9.89 Å². The van der Waals surface area contributed by atoms with E-state index in [4.69, 9.17) is 16.7 Å². The largest absolute Gasteiger partial charge is 0.478 e. The van der Waals surface area contributed by atoms with Crippen molar-refractivity contribution in [2.75, 3.05) is 0 Å². The molecule has 0 saturated heterocycles. The Kier molecular flexibility index (Phi) is 5.38. The van der Waals surface area contributed by atoms with Gasteiger partial charge in [-0.15, -0.1) is 5.11 Å². The number of nitrogens with two attached hydrogens (primary N) is 1. The number of aromatic carboxylic acids is 1. The van der Waals surface area contributed by atoms with E-state index in [1.54, 1.807) is 6.92 Å². The average Bonchev–Trinajstić information content (AvgIpc) is 2.94. The molecule has 0 saturated carbocycles. The number of carboxylic acid groups (broad SMARTS) is 1. The van der Waals surface area contributed by atoms with E-state index < -0.39 is 21.6 Å². The number of halogens is 1. The molecule has 0 bridgehead atoms. The van der Waals surface area contributed by atoms with Crippen LogP contribution in [0.5, 0.6) is 0 Å². The van der Waals surface area contributed by atoms with Gasteiger partial charge < -0.3 is 5.11 Å². The number of H-pyrrole nitrogens is 1. The first-order valence-corrected chi connectivity index (χ1v) is 9.90. The number of nitrogens with one attached hydrogen (secondary N) is 1. The van der Waals surface area contributed by atoms with Crippen molar-refractivity contribution in [3.05, 3.63) is 69.1 Å². The fourth-order valence-electron chi connectivity index (χ4n) is 2.46. The van der Waals surface area contributed by atoms with Crippen LogP contribution in [0.15, 0.2) is 62.4 Å². The Labute approximate surface area is 169 Å². The second kappa shape index (κ2) is 7.62. The third kappa shape index (κ3) is 4.26. The number of primary sulfonamides is 1. The van der Waals surface area contributed by atoms with E-state index in [1.807, 2.05) is 0 Å². The zero-order chi connectivity index (χ0) is 21.3. The molecule has 0 aliphatic heterocycles. The number of carboxylic acids is 1. The Bertz CT molecular complexity index is 1290. The van der Waals surface area contributed by atoms with Crippen molar-refractivity contribution in [3.63, 3.8) is 0 Å². The molecule has 1 aromatic heterocycles. The third-order valence-corrected chi connectivity index (χ3v) is 5.17. The predicted molar refractivity (Wildman–Crippen MR) is 105 cm³/mol. The molecule has 150 valence electrons. The van der Waals surface area contributed by atoms with Gasteiger partial charge in [0.2, 0.25) is 10.0 Å². The Morgan fingerprint density at radius 1 is 1.17 bits per heavy atom. The normalized spacial score (nSPS) is 11.8. The molecule has 0 unspecified atom stereocenters. The first-order chi connectivity index (χ1) is 13.6. The second-order valence-corrected chi connectivity index (χ2v) is 7.90. The van der Waals surface area contributed by atoms with Gasteiger partial charge in [0.1, 0.15) is 0 Å². The Balaban J connectivity index is 1.96. The van der Waals surface area contributed by atoms with Crippen LogP contribution in [0.4, 0.5) is 11.4 Å². The number of carbonyl (C=O) groups is 1. The highest BCUT2D eigenvalue weighted by Gasteiger charge is 2.15. The maximum absolute atomic E-state index is 12.7. The molecule has 3 rings (SSSR count). The maximum atomic E-state index is 12.7. The number of sulfonamides is 1. The van der Waals surface area contributed by atoms with Crippen molar-refractivity contribution < 1.29 is 18.3 Å². The molecule has 0 fully saturated rings. The zero-order valence-corrected chi connectivity index (χ0v) is 16.4. The summed E-state index contributed by atoms with van der Waals surface area (Å²) >= 11 is 5.85. The lowest BCUT2D eigenvalue weighted by atomic mass is 10.2. The van der Waals surface area contributed by atoms with Crippen LogP contribution in [0.2, 0.25) is 5.02 Å². The topological polar surface area (TPSA) is 160 Å². The monoisotopic (exact) mass is 435 g/mol. The first-order valence-electron chi connectivity index (χ1n) is 7.97. The zero-order valence-electron chi connectivity index (χ0n) is 14.8. The number of aromatic amines is 1. The Morgan fingerprint density at radius 3 is 2.41 bits per heavy atom. The van der Waals surface area contributed by atoms with Gasteiger partial charge in [-0.1, -0.05) is 11.6 Å². The number of hydrogen-bond donors (Lipinski definition) is 3. The smallest absolute Gasteiger partial charge is 0.337 e.